The van der Waals surface area contributed by atoms with E-state index in [2.05, 4.69) is 32.4 Å². The first-order chi connectivity index (χ1) is 12.9. The molecule has 0 aliphatic carbocycles. The quantitative estimate of drug-likeness (QED) is 0.356. The van der Waals surface area contributed by atoms with E-state index in [4.69, 9.17) is 12.2 Å². The SMILES string of the molecule is C=CCn1c(=S)[nH]c2cc(C(=O)NNc3nc(C)cc(C)n3)ccc2c1=O. The Balaban J connectivity index is 1.87. The molecular weight excluding hydrogens is 364 g/mol. The van der Waals surface area contributed by atoms with Crippen LogP contribution in [0.25, 0.3) is 10.9 Å². The third-order valence-electron chi connectivity index (χ3n) is 3.83. The van der Waals surface area contributed by atoms with Crippen molar-refractivity contribution >= 4 is 35.0 Å². The van der Waals surface area contributed by atoms with Crippen LogP contribution in [0.1, 0.15) is 21.7 Å². The molecule has 0 saturated heterocycles. The van der Waals surface area contributed by atoms with Gasteiger partial charge in [-0.05, 0) is 50.3 Å². The second-order valence-electron chi connectivity index (χ2n) is 5.95. The molecule has 0 spiro atoms. The summed E-state index contributed by atoms with van der Waals surface area (Å²) in [5.41, 5.74) is 7.41. The van der Waals surface area contributed by atoms with Crippen molar-refractivity contribution in [1.29, 1.82) is 0 Å². The second kappa shape index (κ2) is 7.50. The van der Waals surface area contributed by atoms with Gasteiger partial charge < -0.3 is 4.98 Å². The number of amides is 1. The average molecular weight is 382 g/mol. The van der Waals surface area contributed by atoms with Crippen molar-refractivity contribution in [3.05, 3.63) is 69.0 Å². The fraction of sp³-hybridized carbons (Fsp3) is 0.167. The Bertz CT molecular complexity index is 1140. The van der Waals surface area contributed by atoms with Gasteiger partial charge in [-0.1, -0.05) is 6.08 Å². The number of nitrogens with zero attached hydrogens (tertiary/aromatic N) is 3. The van der Waals surface area contributed by atoms with Gasteiger partial charge >= 0.3 is 0 Å². The largest absolute Gasteiger partial charge is 0.332 e. The van der Waals surface area contributed by atoms with Gasteiger partial charge in [-0.15, -0.1) is 6.58 Å². The number of benzene rings is 1. The Morgan fingerprint density at radius 1 is 1.30 bits per heavy atom. The highest BCUT2D eigenvalue weighted by atomic mass is 32.1. The molecule has 27 heavy (non-hydrogen) atoms. The van der Waals surface area contributed by atoms with Crippen LogP contribution in [0.3, 0.4) is 0 Å². The number of allylic oxidation sites excluding steroid dienone is 1. The zero-order valence-electron chi connectivity index (χ0n) is 14.9. The highest BCUT2D eigenvalue weighted by Gasteiger charge is 2.10. The molecule has 0 saturated carbocycles. The number of carbonyl (C=O) groups is 1. The summed E-state index contributed by atoms with van der Waals surface area (Å²) in [5, 5.41) is 0.438. The third kappa shape index (κ3) is 3.93. The molecule has 3 aromatic rings. The monoisotopic (exact) mass is 382 g/mol. The minimum atomic E-state index is -0.394. The minimum absolute atomic E-state index is 0.234. The van der Waals surface area contributed by atoms with Gasteiger partial charge in [-0.25, -0.2) is 9.97 Å². The lowest BCUT2D eigenvalue weighted by Gasteiger charge is -2.10. The summed E-state index contributed by atoms with van der Waals surface area (Å²) >= 11 is 5.21. The molecule has 3 N–H and O–H groups in total. The van der Waals surface area contributed by atoms with E-state index in [9.17, 15) is 9.59 Å². The van der Waals surface area contributed by atoms with E-state index in [0.717, 1.165) is 11.4 Å². The molecule has 0 radical (unpaired) electrons. The number of nitrogens with one attached hydrogen (secondary N) is 3. The average Bonchev–Trinajstić information content (AvgIpc) is 2.62. The molecule has 0 unspecified atom stereocenters. The van der Waals surface area contributed by atoms with Crippen molar-refractivity contribution < 1.29 is 4.79 Å². The lowest BCUT2D eigenvalue weighted by atomic mass is 10.1. The van der Waals surface area contributed by atoms with Crippen molar-refractivity contribution in [2.45, 2.75) is 20.4 Å². The molecule has 9 heteroatoms. The topological polar surface area (TPSA) is 105 Å². The van der Waals surface area contributed by atoms with Gasteiger partial charge in [-0.2, -0.15) is 0 Å². The number of anilines is 1. The maximum absolute atomic E-state index is 12.5. The number of hydrogen-bond donors (Lipinski definition) is 3. The van der Waals surface area contributed by atoms with Crippen molar-refractivity contribution in [1.82, 2.24) is 24.9 Å². The molecule has 0 atom stereocenters. The highest BCUT2D eigenvalue weighted by Crippen LogP contribution is 2.11. The number of fused-ring (bicyclic) bond motifs is 1. The Labute approximate surface area is 160 Å². The minimum Gasteiger partial charge on any atom is -0.332 e. The smallest absolute Gasteiger partial charge is 0.269 e. The zero-order chi connectivity index (χ0) is 19.6. The molecule has 0 bridgehead atoms. The summed E-state index contributed by atoms with van der Waals surface area (Å²) in [5.74, 6) is -0.0948. The van der Waals surface area contributed by atoms with Crippen LogP contribution >= 0.6 is 12.2 Å². The van der Waals surface area contributed by atoms with E-state index in [1.165, 1.54) is 4.57 Å². The molecule has 2 heterocycles. The van der Waals surface area contributed by atoms with Gasteiger partial charge in [0.1, 0.15) is 0 Å². The standard InChI is InChI=1S/C18H18N6O2S/c1-4-7-24-16(26)13-6-5-12(9-14(13)21-18(24)27)15(25)22-23-17-19-10(2)8-11(3)20-17/h4-6,8-9H,1,7H2,2-3H3,(H,21,27)(H,22,25)(H,19,20,23). The van der Waals surface area contributed by atoms with Crippen LogP contribution in [0.5, 0.6) is 0 Å². The van der Waals surface area contributed by atoms with Crippen LogP contribution in [0.4, 0.5) is 5.95 Å². The fourth-order valence-electron chi connectivity index (χ4n) is 2.66. The lowest BCUT2D eigenvalue weighted by molar-refractivity contribution is 0.0962. The highest BCUT2D eigenvalue weighted by molar-refractivity contribution is 7.71. The van der Waals surface area contributed by atoms with E-state index in [1.807, 2.05) is 19.9 Å². The maximum atomic E-state index is 12.5. The van der Waals surface area contributed by atoms with Crippen LogP contribution in [-0.2, 0) is 6.54 Å². The number of rotatable bonds is 5. The molecular formula is C18H18N6O2S. The summed E-state index contributed by atoms with van der Waals surface area (Å²) in [6.45, 7) is 7.61. The van der Waals surface area contributed by atoms with Crippen molar-refractivity contribution in [3.8, 4) is 0 Å². The van der Waals surface area contributed by atoms with Crippen LogP contribution < -0.4 is 16.4 Å². The van der Waals surface area contributed by atoms with E-state index >= 15 is 0 Å². The lowest BCUT2D eigenvalue weighted by Crippen LogP contribution is -2.30. The van der Waals surface area contributed by atoms with Crippen LogP contribution in [-0.4, -0.2) is 25.4 Å². The summed E-state index contributed by atoms with van der Waals surface area (Å²) in [6.07, 6.45) is 1.60. The van der Waals surface area contributed by atoms with E-state index in [0.29, 0.717) is 29.0 Å². The zero-order valence-corrected chi connectivity index (χ0v) is 15.7. The van der Waals surface area contributed by atoms with Crippen molar-refractivity contribution in [2.75, 3.05) is 5.43 Å². The third-order valence-corrected chi connectivity index (χ3v) is 4.15. The molecule has 1 aromatic carbocycles. The normalized spacial score (nSPS) is 10.6. The molecule has 0 fully saturated rings. The molecule has 138 valence electrons. The van der Waals surface area contributed by atoms with Gasteiger partial charge in [0.15, 0.2) is 4.77 Å². The van der Waals surface area contributed by atoms with Crippen LogP contribution in [0, 0.1) is 18.6 Å². The van der Waals surface area contributed by atoms with Gasteiger partial charge in [0.05, 0.1) is 10.9 Å². The summed E-state index contributed by atoms with van der Waals surface area (Å²) < 4.78 is 1.68. The second-order valence-corrected chi connectivity index (χ2v) is 6.34. The molecule has 0 aliphatic heterocycles. The number of aryl methyl sites for hydroxylation is 2. The first-order valence-electron chi connectivity index (χ1n) is 8.15. The predicted molar refractivity (Wildman–Crippen MR) is 106 cm³/mol. The van der Waals surface area contributed by atoms with Crippen LogP contribution in [0.15, 0.2) is 41.7 Å². The van der Waals surface area contributed by atoms with Gasteiger partial charge in [-0.3, -0.25) is 25.0 Å². The van der Waals surface area contributed by atoms with E-state index in [-0.39, 0.29) is 10.3 Å². The Hall–Kier alpha value is -3.33. The first kappa shape index (κ1) is 18.5. The van der Waals surface area contributed by atoms with Gasteiger partial charge in [0, 0.05) is 23.5 Å². The number of aromatic amines is 1. The predicted octanol–water partition coefficient (Wildman–Crippen LogP) is 2.41. The summed E-state index contributed by atoms with van der Waals surface area (Å²) in [6, 6.07) is 6.56. The van der Waals surface area contributed by atoms with Crippen LogP contribution in [0.2, 0.25) is 0 Å². The van der Waals surface area contributed by atoms with E-state index in [1.54, 1.807) is 24.3 Å². The Morgan fingerprint density at radius 2 is 2.00 bits per heavy atom. The van der Waals surface area contributed by atoms with E-state index < -0.39 is 5.91 Å². The van der Waals surface area contributed by atoms with Gasteiger partial charge in [0.25, 0.3) is 11.5 Å². The maximum Gasteiger partial charge on any atom is 0.269 e. The number of hydrazine groups is 1. The fourth-order valence-corrected chi connectivity index (χ4v) is 2.92. The first-order valence-corrected chi connectivity index (χ1v) is 8.56. The summed E-state index contributed by atoms with van der Waals surface area (Å²) in [7, 11) is 0. The Morgan fingerprint density at radius 3 is 2.67 bits per heavy atom. The number of carbonyl (C=O) groups excluding carboxylic acids is 1. The number of hydrogen-bond acceptors (Lipinski definition) is 6. The molecule has 3 rings (SSSR count). The molecule has 1 amide bonds. The summed E-state index contributed by atoms with van der Waals surface area (Å²) in [4.78, 5) is 36.3. The van der Waals surface area contributed by atoms with Crippen molar-refractivity contribution in [3.63, 3.8) is 0 Å². The Kier molecular flexibility index (Phi) is 5.13. The number of H-pyrrole nitrogens is 1. The van der Waals surface area contributed by atoms with Crippen molar-refractivity contribution in [2.24, 2.45) is 0 Å². The molecule has 8 nitrogen and oxygen atoms in total. The number of aromatic nitrogens is 4. The van der Waals surface area contributed by atoms with Gasteiger partial charge in [0.2, 0.25) is 5.95 Å². The molecule has 2 aromatic heterocycles. The molecule has 0 aliphatic rings.